The van der Waals surface area contributed by atoms with E-state index in [0.29, 0.717) is 5.39 Å². The second kappa shape index (κ2) is 4.67. The number of hydrogen-bond acceptors (Lipinski definition) is 1. The van der Waals surface area contributed by atoms with Gasteiger partial charge in [-0.25, -0.2) is 0 Å². The Bertz CT molecular complexity index is 806. The molecule has 0 atom stereocenters. The normalized spacial score (nSPS) is 10.8. The zero-order valence-electron chi connectivity index (χ0n) is 10.4. The van der Waals surface area contributed by atoms with Gasteiger partial charge in [0.2, 0.25) is 0 Å². The lowest BCUT2D eigenvalue weighted by Gasteiger charge is -2.07. The van der Waals surface area contributed by atoms with Crippen LogP contribution in [0.1, 0.15) is 5.56 Å². The van der Waals surface area contributed by atoms with Crippen LogP contribution in [0.15, 0.2) is 57.8 Å². The van der Waals surface area contributed by atoms with Gasteiger partial charge in [0.1, 0.15) is 0 Å². The van der Waals surface area contributed by atoms with Gasteiger partial charge in [0.15, 0.2) is 5.43 Å². The Morgan fingerprint density at radius 2 is 1.79 bits per heavy atom. The van der Waals surface area contributed by atoms with E-state index >= 15 is 0 Å². The molecule has 0 spiro atoms. The van der Waals surface area contributed by atoms with E-state index in [0.717, 1.165) is 26.8 Å². The number of aromatic nitrogens is 1. The second-order valence-corrected chi connectivity index (χ2v) is 5.44. The van der Waals surface area contributed by atoms with Gasteiger partial charge in [-0.1, -0.05) is 30.3 Å². The van der Waals surface area contributed by atoms with Gasteiger partial charge < -0.3 is 4.98 Å². The maximum atomic E-state index is 12.2. The van der Waals surface area contributed by atoms with Crippen LogP contribution in [-0.4, -0.2) is 4.98 Å². The van der Waals surface area contributed by atoms with Gasteiger partial charge in [0.25, 0.3) is 0 Å². The van der Waals surface area contributed by atoms with Gasteiger partial charge in [0, 0.05) is 21.6 Å². The molecule has 0 radical (unpaired) electrons. The van der Waals surface area contributed by atoms with Crippen molar-refractivity contribution in [2.75, 3.05) is 0 Å². The lowest BCUT2D eigenvalue weighted by Crippen LogP contribution is -2.03. The highest BCUT2D eigenvalue weighted by Gasteiger charge is 2.07. The first kappa shape index (κ1) is 12.2. The molecule has 0 amide bonds. The quantitative estimate of drug-likeness (QED) is 0.715. The third-order valence-corrected chi connectivity index (χ3v) is 3.75. The summed E-state index contributed by atoms with van der Waals surface area (Å²) in [6.07, 6.45) is 0. The monoisotopic (exact) mass is 313 g/mol. The molecule has 0 bridgehead atoms. The number of halogens is 1. The van der Waals surface area contributed by atoms with Crippen LogP contribution in [0.25, 0.3) is 22.2 Å². The van der Waals surface area contributed by atoms with Crippen molar-refractivity contribution in [3.05, 3.63) is 68.8 Å². The van der Waals surface area contributed by atoms with Crippen LogP contribution in [0.3, 0.4) is 0 Å². The maximum Gasteiger partial charge on any atom is 0.190 e. The van der Waals surface area contributed by atoms with Crippen molar-refractivity contribution in [1.82, 2.24) is 4.98 Å². The summed E-state index contributed by atoms with van der Waals surface area (Å²) < 4.78 is 0.914. The summed E-state index contributed by atoms with van der Waals surface area (Å²) >= 11 is 3.52. The van der Waals surface area contributed by atoms with E-state index in [1.54, 1.807) is 6.07 Å². The van der Waals surface area contributed by atoms with Crippen molar-refractivity contribution < 1.29 is 0 Å². The molecule has 0 aliphatic carbocycles. The molecule has 1 heterocycles. The maximum absolute atomic E-state index is 12.2. The molecule has 94 valence electrons. The minimum Gasteiger partial charge on any atom is -0.353 e. The number of rotatable bonds is 1. The first-order valence-corrected chi connectivity index (χ1v) is 6.83. The van der Waals surface area contributed by atoms with Crippen LogP contribution in [0.5, 0.6) is 0 Å². The predicted octanol–water partition coefficient (Wildman–Crippen LogP) is 4.27. The summed E-state index contributed by atoms with van der Waals surface area (Å²) in [7, 11) is 0. The average Bonchev–Trinajstić information content (AvgIpc) is 2.41. The lowest BCUT2D eigenvalue weighted by molar-refractivity contribution is 1.35. The first-order chi connectivity index (χ1) is 9.15. The molecule has 0 unspecified atom stereocenters. The SMILES string of the molecule is Cc1cc(Br)c2[nH]c(-c3ccccc3)cc(=O)c2c1. The average molecular weight is 314 g/mol. The van der Waals surface area contributed by atoms with Gasteiger partial charge in [-0.05, 0) is 46.1 Å². The van der Waals surface area contributed by atoms with E-state index in [1.807, 2.05) is 49.4 Å². The van der Waals surface area contributed by atoms with E-state index in [9.17, 15) is 4.79 Å². The molecule has 3 rings (SSSR count). The fourth-order valence-corrected chi connectivity index (χ4v) is 2.89. The van der Waals surface area contributed by atoms with Gasteiger partial charge in [0.05, 0.1) is 5.52 Å². The van der Waals surface area contributed by atoms with E-state index in [4.69, 9.17) is 0 Å². The van der Waals surface area contributed by atoms with Gasteiger partial charge in [-0.3, -0.25) is 4.79 Å². The Morgan fingerprint density at radius 1 is 1.05 bits per heavy atom. The summed E-state index contributed by atoms with van der Waals surface area (Å²) in [6, 6.07) is 15.4. The Hall–Kier alpha value is -1.87. The Kier molecular flexibility index (Phi) is 2.99. The molecule has 0 saturated carbocycles. The molecule has 3 heteroatoms. The van der Waals surface area contributed by atoms with Crippen molar-refractivity contribution in [2.24, 2.45) is 0 Å². The number of hydrogen-bond donors (Lipinski definition) is 1. The predicted molar refractivity (Wildman–Crippen MR) is 82.4 cm³/mol. The van der Waals surface area contributed by atoms with Crippen LogP contribution in [0.2, 0.25) is 0 Å². The van der Waals surface area contributed by atoms with Crippen molar-refractivity contribution in [1.29, 1.82) is 0 Å². The Morgan fingerprint density at radius 3 is 2.53 bits per heavy atom. The van der Waals surface area contributed by atoms with E-state index in [1.165, 1.54) is 0 Å². The van der Waals surface area contributed by atoms with Gasteiger partial charge in [-0.15, -0.1) is 0 Å². The fraction of sp³-hybridized carbons (Fsp3) is 0.0625. The van der Waals surface area contributed by atoms with Crippen LogP contribution in [-0.2, 0) is 0 Å². The van der Waals surface area contributed by atoms with Gasteiger partial charge in [-0.2, -0.15) is 0 Å². The smallest absolute Gasteiger partial charge is 0.190 e. The highest BCUT2D eigenvalue weighted by Crippen LogP contribution is 2.25. The molecule has 3 aromatic rings. The minimum atomic E-state index is 0.0389. The molecular formula is C16H12BrNO. The zero-order valence-corrected chi connectivity index (χ0v) is 12.0. The largest absolute Gasteiger partial charge is 0.353 e. The van der Waals surface area contributed by atoms with E-state index < -0.39 is 0 Å². The Balaban J connectivity index is 2.34. The number of benzene rings is 2. The van der Waals surface area contributed by atoms with Crippen LogP contribution in [0, 0.1) is 6.92 Å². The van der Waals surface area contributed by atoms with E-state index in [2.05, 4.69) is 20.9 Å². The number of H-pyrrole nitrogens is 1. The highest BCUT2D eigenvalue weighted by molar-refractivity contribution is 9.10. The van der Waals surface area contributed by atoms with Crippen LogP contribution >= 0.6 is 15.9 Å². The number of pyridine rings is 1. The molecule has 0 saturated heterocycles. The minimum absolute atomic E-state index is 0.0389. The summed E-state index contributed by atoms with van der Waals surface area (Å²) in [5.74, 6) is 0. The second-order valence-electron chi connectivity index (χ2n) is 4.58. The third kappa shape index (κ3) is 2.22. The van der Waals surface area contributed by atoms with Crippen LogP contribution in [0.4, 0.5) is 0 Å². The van der Waals surface area contributed by atoms with Crippen molar-refractivity contribution in [3.63, 3.8) is 0 Å². The molecule has 0 fully saturated rings. The molecule has 0 aliphatic rings. The third-order valence-electron chi connectivity index (χ3n) is 3.12. The van der Waals surface area contributed by atoms with E-state index in [-0.39, 0.29) is 5.43 Å². The summed E-state index contributed by atoms with van der Waals surface area (Å²) in [6.45, 7) is 1.98. The molecule has 1 aromatic heterocycles. The zero-order chi connectivity index (χ0) is 13.4. The molecular weight excluding hydrogens is 302 g/mol. The number of fused-ring (bicyclic) bond motifs is 1. The number of aryl methyl sites for hydroxylation is 1. The summed E-state index contributed by atoms with van der Waals surface area (Å²) in [4.78, 5) is 15.6. The molecule has 19 heavy (non-hydrogen) atoms. The van der Waals surface area contributed by atoms with Gasteiger partial charge >= 0.3 is 0 Å². The number of nitrogens with one attached hydrogen (secondary N) is 1. The van der Waals surface area contributed by atoms with Crippen molar-refractivity contribution in [2.45, 2.75) is 6.92 Å². The molecule has 0 aliphatic heterocycles. The number of aromatic amines is 1. The highest BCUT2D eigenvalue weighted by atomic mass is 79.9. The lowest BCUT2D eigenvalue weighted by atomic mass is 10.1. The van der Waals surface area contributed by atoms with Crippen molar-refractivity contribution in [3.8, 4) is 11.3 Å². The summed E-state index contributed by atoms with van der Waals surface area (Å²) in [5.41, 5.74) is 3.79. The fourth-order valence-electron chi connectivity index (χ4n) is 2.22. The standard InChI is InChI=1S/C16H12BrNO/c1-10-7-12-15(19)9-14(11-5-3-2-4-6-11)18-16(12)13(17)8-10/h2-9H,1H3,(H,18,19). The first-order valence-electron chi connectivity index (χ1n) is 6.04. The molecule has 2 aromatic carbocycles. The molecule has 1 N–H and O–H groups in total. The Labute approximate surface area is 119 Å². The summed E-state index contributed by atoms with van der Waals surface area (Å²) in [5, 5.41) is 0.714. The van der Waals surface area contributed by atoms with Crippen molar-refractivity contribution >= 4 is 26.8 Å². The van der Waals surface area contributed by atoms with Crippen LogP contribution < -0.4 is 5.43 Å². The topological polar surface area (TPSA) is 32.9 Å². The molecule has 2 nitrogen and oxygen atoms in total.